The first-order valence-corrected chi connectivity index (χ1v) is 9.37. The number of nitrogens with one attached hydrogen (secondary N) is 2. The Bertz CT molecular complexity index is 746. The highest BCUT2D eigenvalue weighted by Gasteiger charge is 2.24. The monoisotopic (exact) mass is 390 g/mol. The molecule has 2 N–H and O–H groups in total. The third-order valence-electron chi connectivity index (χ3n) is 4.79. The number of amides is 2. The Morgan fingerprint density at radius 1 is 1.07 bits per heavy atom. The molecule has 3 rings (SSSR count). The van der Waals surface area contributed by atoms with E-state index in [0.29, 0.717) is 17.3 Å². The maximum absolute atomic E-state index is 13.3. The second-order valence-electron chi connectivity index (χ2n) is 6.75. The number of halogens is 2. The van der Waals surface area contributed by atoms with E-state index in [-0.39, 0.29) is 17.9 Å². The zero-order chi connectivity index (χ0) is 19.2. The van der Waals surface area contributed by atoms with Crippen molar-refractivity contribution < 1.29 is 9.18 Å². The minimum absolute atomic E-state index is 0.00438. The number of likely N-dealkylation sites (N-methyl/N-ethyl adjacent to an activating group) is 1. The van der Waals surface area contributed by atoms with E-state index in [1.165, 1.54) is 12.1 Å². The van der Waals surface area contributed by atoms with Gasteiger partial charge < -0.3 is 15.5 Å². The molecule has 1 aliphatic heterocycles. The van der Waals surface area contributed by atoms with Crippen molar-refractivity contribution in [3.8, 4) is 0 Å². The van der Waals surface area contributed by atoms with E-state index in [0.717, 1.165) is 31.7 Å². The van der Waals surface area contributed by atoms with Crippen LogP contribution in [0, 0.1) is 5.82 Å². The maximum Gasteiger partial charge on any atom is 0.319 e. The highest BCUT2D eigenvalue weighted by molar-refractivity contribution is 6.30. The first-order chi connectivity index (χ1) is 13.0. The van der Waals surface area contributed by atoms with E-state index in [1.54, 1.807) is 36.4 Å². The number of rotatable bonds is 5. The summed E-state index contributed by atoms with van der Waals surface area (Å²) in [6.45, 7) is 4.18. The molecule has 5 nitrogen and oxygen atoms in total. The summed E-state index contributed by atoms with van der Waals surface area (Å²) in [6, 6.07) is 13.2. The molecular weight excluding hydrogens is 367 g/mol. The first kappa shape index (κ1) is 19.6. The Kier molecular flexibility index (Phi) is 6.66. The van der Waals surface area contributed by atoms with E-state index in [9.17, 15) is 9.18 Å². The van der Waals surface area contributed by atoms with E-state index in [2.05, 4.69) is 27.5 Å². The van der Waals surface area contributed by atoms with Crippen LogP contribution in [0.15, 0.2) is 48.5 Å². The predicted molar refractivity (Wildman–Crippen MR) is 107 cm³/mol. The van der Waals surface area contributed by atoms with Crippen LogP contribution >= 0.6 is 11.6 Å². The van der Waals surface area contributed by atoms with Gasteiger partial charge in [-0.15, -0.1) is 0 Å². The molecule has 0 aliphatic carbocycles. The van der Waals surface area contributed by atoms with Crippen molar-refractivity contribution >= 4 is 23.3 Å². The number of carbonyl (C=O) groups is 1. The summed E-state index contributed by atoms with van der Waals surface area (Å²) in [6.07, 6.45) is 0. The van der Waals surface area contributed by atoms with Gasteiger partial charge in [0.2, 0.25) is 0 Å². The Morgan fingerprint density at radius 3 is 2.33 bits per heavy atom. The van der Waals surface area contributed by atoms with Crippen LogP contribution in [0.5, 0.6) is 0 Å². The van der Waals surface area contributed by atoms with Crippen LogP contribution in [0.4, 0.5) is 14.9 Å². The molecule has 2 aromatic carbocycles. The van der Waals surface area contributed by atoms with Crippen molar-refractivity contribution in [2.24, 2.45) is 0 Å². The van der Waals surface area contributed by atoms with Gasteiger partial charge in [0.25, 0.3) is 0 Å². The van der Waals surface area contributed by atoms with Crippen molar-refractivity contribution in [3.05, 3.63) is 64.9 Å². The Balaban J connectivity index is 1.64. The zero-order valence-corrected chi connectivity index (χ0v) is 16.0. The third kappa shape index (κ3) is 5.66. The molecule has 27 heavy (non-hydrogen) atoms. The summed E-state index contributed by atoms with van der Waals surface area (Å²) < 4.78 is 13.3. The lowest BCUT2D eigenvalue weighted by atomic mass is 10.0. The highest BCUT2D eigenvalue weighted by atomic mass is 35.5. The first-order valence-electron chi connectivity index (χ1n) is 9.00. The molecular formula is C20H24ClFN4O. The predicted octanol–water partition coefficient (Wildman–Crippen LogP) is 3.59. The molecule has 1 aliphatic rings. The lowest BCUT2D eigenvalue weighted by Crippen LogP contribution is -2.48. The van der Waals surface area contributed by atoms with Gasteiger partial charge in [-0.05, 0) is 49.0 Å². The molecule has 2 aromatic rings. The largest absolute Gasteiger partial charge is 0.336 e. The molecule has 0 saturated carbocycles. The van der Waals surface area contributed by atoms with Crippen molar-refractivity contribution in [2.75, 3.05) is 45.1 Å². The smallest absolute Gasteiger partial charge is 0.319 e. The topological polar surface area (TPSA) is 47.6 Å². The number of piperazine rings is 1. The van der Waals surface area contributed by atoms with Crippen LogP contribution in [-0.2, 0) is 0 Å². The number of urea groups is 1. The van der Waals surface area contributed by atoms with Crippen LogP contribution in [0.2, 0.25) is 5.02 Å². The van der Waals surface area contributed by atoms with Crippen LogP contribution in [0.3, 0.4) is 0 Å². The maximum atomic E-state index is 13.3. The van der Waals surface area contributed by atoms with Gasteiger partial charge in [0, 0.05) is 43.4 Å². The highest BCUT2D eigenvalue weighted by Crippen LogP contribution is 2.22. The Morgan fingerprint density at radius 2 is 1.70 bits per heavy atom. The van der Waals surface area contributed by atoms with E-state index >= 15 is 0 Å². The summed E-state index contributed by atoms with van der Waals surface area (Å²) in [5.74, 6) is -0.260. The molecule has 1 saturated heterocycles. The number of benzene rings is 2. The van der Waals surface area contributed by atoms with Gasteiger partial charge in [-0.1, -0.05) is 23.7 Å². The quantitative estimate of drug-likeness (QED) is 0.820. The van der Waals surface area contributed by atoms with Crippen molar-refractivity contribution in [1.82, 2.24) is 15.1 Å². The minimum Gasteiger partial charge on any atom is -0.336 e. The second kappa shape index (κ2) is 9.17. The van der Waals surface area contributed by atoms with Crippen molar-refractivity contribution in [2.45, 2.75) is 6.04 Å². The molecule has 1 fully saturated rings. The molecule has 144 valence electrons. The number of hydrogen-bond acceptors (Lipinski definition) is 3. The number of anilines is 1. The number of nitrogens with zero attached hydrogens (tertiary/aromatic N) is 2. The molecule has 0 unspecified atom stereocenters. The van der Waals surface area contributed by atoms with Gasteiger partial charge in [-0.2, -0.15) is 0 Å². The van der Waals surface area contributed by atoms with Crippen LogP contribution < -0.4 is 10.6 Å². The van der Waals surface area contributed by atoms with Gasteiger partial charge in [0.05, 0.1) is 6.04 Å². The molecule has 0 radical (unpaired) electrons. The number of hydrogen-bond donors (Lipinski definition) is 2. The molecule has 0 spiro atoms. The summed E-state index contributed by atoms with van der Waals surface area (Å²) >= 11 is 5.86. The number of carbonyl (C=O) groups excluding carboxylic acids is 1. The lowest BCUT2D eigenvalue weighted by Gasteiger charge is -2.38. The molecule has 1 heterocycles. The van der Waals surface area contributed by atoms with Gasteiger partial charge in [-0.25, -0.2) is 9.18 Å². The molecule has 7 heteroatoms. The fraction of sp³-hybridized carbons (Fsp3) is 0.350. The Hall–Kier alpha value is -2.15. The van der Waals surface area contributed by atoms with Crippen LogP contribution in [0.1, 0.15) is 11.6 Å². The van der Waals surface area contributed by atoms with E-state index in [4.69, 9.17) is 11.6 Å². The normalized spacial score (nSPS) is 16.7. The average molecular weight is 391 g/mol. The minimum atomic E-state index is -0.279. The van der Waals surface area contributed by atoms with Crippen molar-refractivity contribution in [1.29, 1.82) is 0 Å². The summed E-state index contributed by atoms with van der Waals surface area (Å²) in [5.41, 5.74) is 1.67. The molecule has 1 atom stereocenters. The van der Waals surface area contributed by atoms with Crippen molar-refractivity contribution in [3.63, 3.8) is 0 Å². The standard InChI is InChI=1S/C20H24ClFN4O/c1-25-10-12-26(13-11-25)19(15-2-6-17(22)7-3-15)14-23-20(27)24-18-8-4-16(21)5-9-18/h2-9,19H,10-14H2,1H3,(H2,23,24,27)/t19-/m1/s1. The summed E-state index contributed by atoms with van der Waals surface area (Å²) in [7, 11) is 2.10. The Labute approximate surface area is 164 Å². The zero-order valence-electron chi connectivity index (χ0n) is 15.3. The average Bonchev–Trinajstić information content (AvgIpc) is 2.66. The van der Waals surface area contributed by atoms with Gasteiger partial charge in [0.1, 0.15) is 5.82 Å². The van der Waals surface area contributed by atoms with Crippen LogP contribution in [-0.4, -0.2) is 55.6 Å². The fourth-order valence-electron chi connectivity index (χ4n) is 3.17. The van der Waals surface area contributed by atoms with E-state index in [1.807, 2.05) is 0 Å². The third-order valence-corrected chi connectivity index (χ3v) is 5.04. The lowest BCUT2D eigenvalue weighted by molar-refractivity contribution is 0.111. The fourth-order valence-corrected chi connectivity index (χ4v) is 3.30. The molecule has 0 aromatic heterocycles. The van der Waals surface area contributed by atoms with Gasteiger partial charge in [0.15, 0.2) is 0 Å². The summed E-state index contributed by atoms with van der Waals surface area (Å²) in [5, 5.41) is 6.35. The molecule has 2 amide bonds. The van der Waals surface area contributed by atoms with E-state index < -0.39 is 0 Å². The summed E-state index contributed by atoms with van der Waals surface area (Å²) in [4.78, 5) is 16.9. The van der Waals surface area contributed by atoms with Crippen LogP contribution in [0.25, 0.3) is 0 Å². The SMILES string of the molecule is CN1CCN([C@H](CNC(=O)Nc2ccc(Cl)cc2)c2ccc(F)cc2)CC1. The second-order valence-corrected chi connectivity index (χ2v) is 7.18. The van der Waals surface area contributed by atoms with Gasteiger partial charge >= 0.3 is 6.03 Å². The van der Waals surface area contributed by atoms with Gasteiger partial charge in [-0.3, -0.25) is 4.90 Å². The molecule has 0 bridgehead atoms.